The molecule has 0 saturated heterocycles. The molecule has 0 fully saturated rings. The Morgan fingerprint density at radius 1 is 1.17 bits per heavy atom. The number of nitrogens with one attached hydrogen (secondary N) is 1. The van der Waals surface area contributed by atoms with Crippen LogP contribution in [-0.2, 0) is 6.54 Å². The number of carbonyl (C=O) groups excluding carboxylic acids is 1. The Morgan fingerprint density at radius 2 is 1.88 bits per heavy atom. The fraction of sp³-hybridized carbons (Fsp3) is 0.294. The zero-order chi connectivity index (χ0) is 17.7. The Kier molecular flexibility index (Phi) is 5.43. The van der Waals surface area contributed by atoms with Crippen LogP contribution in [0.5, 0.6) is 5.75 Å². The van der Waals surface area contributed by atoms with Gasteiger partial charge in [-0.15, -0.1) is 0 Å². The highest BCUT2D eigenvalue weighted by Crippen LogP contribution is 2.22. The average molecular weight is 338 g/mol. The SMILES string of the molecule is Cc1ccc(C(=O)NCc2ccccc2OCC(F)(F)F)c(C)n1. The van der Waals surface area contributed by atoms with E-state index in [0.29, 0.717) is 16.8 Å². The normalized spacial score (nSPS) is 11.2. The van der Waals surface area contributed by atoms with E-state index in [1.165, 1.54) is 6.07 Å². The highest BCUT2D eigenvalue weighted by Gasteiger charge is 2.28. The first kappa shape index (κ1) is 17.8. The zero-order valence-corrected chi connectivity index (χ0v) is 13.3. The van der Waals surface area contributed by atoms with Crippen LogP contribution in [0.25, 0.3) is 0 Å². The van der Waals surface area contributed by atoms with Crippen LogP contribution in [-0.4, -0.2) is 23.7 Å². The van der Waals surface area contributed by atoms with Crippen molar-refractivity contribution in [3.63, 3.8) is 0 Å². The maximum atomic E-state index is 12.3. The van der Waals surface area contributed by atoms with E-state index >= 15 is 0 Å². The number of nitrogens with zero attached hydrogens (tertiary/aromatic N) is 1. The van der Waals surface area contributed by atoms with Gasteiger partial charge in [0.15, 0.2) is 6.61 Å². The van der Waals surface area contributed by atoms with Crippen LogP contribution in [0.2, 0.25) is 0 Å². The van der Waals surface area contributed by atoms with Gasteiger partial charge in [0.1, 0.15) is 5.75 Å². The van der Waals surface area contributed by atoms with Gasteiger partial charge < -0.3 is 10.1 Å². The number of hydrogen-bond acceptors (Lipinski definition) is 3. The predicted molar refractivity (Wildman–Crippen MR) is 82.9 cm³/mol. The summed E-state index contributed by atoms with van der Waals surface area (Å²) < 4.78 is 41.6. The lowest BCUT2D eigenvalue weighted by Gasteiger charge is -2.14. The third kappa shape index (κ3) is 4.97. The molecule has 0 atom stereocenters. The lowest BCUT2D eigenvalue weighted by Crippen LogP contribution is -2.25. The van der Waals surface area contributed by atoms with Crippen LogP contribution in [0.4, 0.5) is 13.2 Å². The number of amides is 1. The topological polar surface area (TPSA) is 51.2 Å². The molecule has 2 rings (SSSR count). The minimum absolute atomic E-state index is 0.0557. The van der Waals surface area contributed by atoms with Crippen molar-refractivity contribution in [2.45, 2.75) is 26.6 Å². The van der Waals surface area contributed by atoms with Gasteiger partial charge in [-0.3, -0.25) is 9.78 Å². The summed E-state index contributed by atoms with van der Waals surface area (Å²) in [6, 6.07) is 9.67. The van der Waals surface area contributed by atoms with E-state index < -0.39 is 12.8 Å². The minimum Gasteiger partial charge on any atom is -0.484 e. The Labute approximate surface area is 137 Å². The molecule has 1 aromatic carbocycles. The Morgan fingerprint density at radius 3 is 2.54 bits per heavy atom. The van der Waals surface area contributed by atoms with Gasteiger partial charge in [-0.05, 0) is 32.0 Å². The van der Waals surface area contributed by atoms with Crippen molar-refractivity contribution >= 4 is 5.91 Å². The summed E-state index contributed by atoms with van der Waals surface area (Å²) in [5, 5.41) is 2.67. The van der Waals surface area contributed by atoms with E-state index in [2.05, 4.69) is 10.3 Å². The first-order valence-corrected chi connectivity index (χ1v) is 7.26. The molecule has 0 unspecified atom stereocenters. The van der Waals surface area contributed by atoms with Crippen molar-refractivity contribution < 1.29 is 22.7 Å². The molecule has 0 bridgehead atoms. The van der Waals surface area contributed by atoms with E-state index in [-0.39, 0.29) is 18.2 Å². The molecular formula is C17H17F3N2O2. The lowest BCUT2D eigenvalue weighted by atomic mass is 10.1. The molecule has 1 heterocycles. The van der Waals surface area contributed by atoms with E-state index in [1.54, 1.807) is 37.3 Å². The van der Waals surface area contributed by atoms with Crippen LogP contribution in [0, 0.1) is 13.8 Å². The number of aromatic nitrogens is 1. The van der Waals surface area contributed by atoms with Crippen molar-refractivity contribution in [3.05, 3.63) is 58.9 Å². The highest BCUT2D eigenvalue weighted by atomic mass is 19.4. The largest absolute Gasteiger partial charge is 0.484 e. The molecule has 0 aliphatic heterocycles. The molecule has 24 heavy (non-hydrogen) atoms. The summed E-state index contributed by atoms with van der Waals surface area (Å²) in [4.78, 5) is 16.4. The van der Waals surface area contributed by atoms with Gasteiger partial charge in [0.05, 0.1) is 11.3 Å². The quantitative estimate of drug-likeness (QED) is 0.907. The lowest BCUT2D eigenvalue weighted by molar-refractivity contribution is -0.153. The second-order valence-electron chi connectivity index (χ2n) is 5.28. The molecule has 0 aliphatic rings. The number of carbonyl (C=O) groups is 1. The number of para-hydroxylation sites is 1. The van der Waals surface area contributed by atoms with Gasteiger partial charge in [-0.2, -0.15) is 13.2 Å². The molecule has 128 valence electrons. The monoisotopic (exact) mass is 338 g/mol. The molecule has 1 N–H and O–H groups in total. The molecule has 0 aliphatic carbocycles. The van der Waals surface area contributed by atoms with Crippen LogP contribution >= 0.6 is 0 Å². The molecule has 2 aromatic rings. The molecule has 0 saturated carbocycles. The van der Waals surface area contributed by atoms with Crippen molar-refractivity contribution in [2.75, 3.05) is 6.61 Å². The van der Waals surface area contributed by atoms with Gasteiger partial charge in [-0.1, -0.05) is 18.2 Å². The first-order chi connectivity index (χ1) is 11.3. The zero-order valence-electron chi connectivity index (χ0n) is 13.3. The average Bonchev–Trinajstić information content (AvgIpc) is 2.50. The molecule has 4 nitrogen and oxygen atoms in total. The van der Waals surface area contributed by atoms with Crippen molar-refractivity contribution in [1.82, 2.24) is 10.3 Å². The summed E-state index contributed by atoms with van der Waals surface area (Å²) in [7, 11) is 0. The molecule has 1 amide bonds. The number of benzene rings is 1. The summed E-state index contributed by atoms with van der Waals surface area (Å²) in [6.07, 6.45) is -4.42. The van der Waals surface area contributed by atoms with Crippen molar-refractivity contribution in [2.24, 2.45) is 0 Å². The highest BCUT2D eigenvalue weighted by molar-refractivity contribution is 5.95. The Hall–Kier alpha value is -2.57. The summed E-state index contributed by atoms with van der Waals surface area (Å²) in [5.41, 5.74) is 2.28. The van der Waals surface area contributed by atoms with Crippen LogP contribution in [0.15, 0.2) is 36.4 Å². The number of halogens is 3. The van der Waals surface area contributed by atoms with Crippen LogP contribution < -0.4 is 10.1 Å². The number of rotatable bonds is 5. The molecule has 1 aromatic heterocycles. The maximum Gasteiger partial charge on any atom is 0.422 e. The third-order valence-corrected chi connectivity index (χ3v) is 3.27. The number of ether oxygens (including phenoxy) is 1. The van der Waals surface area contributed by atoms with Crippen LogP contribution in [0.3, 0.4) is 0 Å². The number of alkyl halides is 3. The van der Waals surface area contributed by atoms with E-state index in [4.69, 9.17) is 4.74 Å². The Balaban J connectivity index is 2.05. The smallest absolute Gasteiger partial charge is 0.422 e. The first-order valence-electron chi connectivity index (χ1n) is 7.26. The van der Waals surface area contributed by atoms with E-state index in [1.807, 2.05) is 6.92 Å². The summed E-state index contributed by atoms with van der Waals surface area (Å²) >= 11 is 0. The van der Waals surface area contributed by atoms with Crippen molar-refractivity contribution in [3.8, 4) is 5.75 Å². The number of pyridine rings is 1. The fourth-order valence-electron chi connectivity index (χ4n) is 2.15. The molecule has 0 radical (unpaired) electrons. The Bertz CT molecular complexity index is 730. The van der Waals surface area contributed by atoms with E-state index in [0.717, 1.165) is 5.69 Å². The summed E-state index contributed by atoms with van der Waals surface area (Å²) in [6.45, 7) is 2.23. The second-order valence-corrected chi connectivity index (χ2v) is 5.28. The van der Waals surface area contributed by atoms with Gasteiger partial charge >= 0.3 is 6.18 Å². The number of aryl methyl sites for hydroxylation is 2. The van der Waals surface area contributed by atoms with Gasteiger partial charge in [-0.25, -0.2) is 0 Å². The molecular weight excluding hydrogens is 321 g/mol. The van der Waals surface area contributed by atoms with Gasteiger partial charge in [0.2, 0.25) is 0 Å². The minimum atomic E-state index is -4.42. The van der Waals surface area contributed by atoms with Gasteiger partial charge in [0, 0.05) is 17.8 Å². The number of hydrogen-bond donors (Lipinski definition) is 1. The van der Waals surface area contributed by atoms with Crippen LogP contribution in [0.1, 0.15) is 27.3 Å². The molecule has 0 spiro atoms. The predicted octanol–water partition coefficient (Wildman–Crippen LogP) is 3.57. The maximum absolute atomic E-state index is 12.3. The molecule has 7 heteroatoms. The third-order valence-electron chi connectivity index (χ3n) is 3.27. The fourth-order valence-corrected chi connectivity index (χ4v) is 2.15. The summed E-state index contributed by atoms with van der Waals surface area (Å²) in [5.74, 6) is -0.250. The van der Waals surface area contributed by atoms with E-state index in [9.17, 15) is 18.0 Å². The van der Waals surface area contributed by atoms with Crippen molar-refractivity contribution in [1.29, 1.82) is 0 Å². The van der Waals surface area contributed by atoms with Gasteiger partial charge in [0.25, 0.3) is 5.91 Å². The standard InChI is InChI=1S/C17H17F3N2O2/c1-11-7-8-14(12(2)22-11)16(23)21-9-13-5-3-4-6-15(13)24-10-17(18,19)20/h3-8H,9-10H2,1-2H3,(H,21,23). The second kappa shape index (κ2) is 7.33.